The highest BCUT2D eigenvalue weighted by molar-refractivity contribution is 5.93. The smallest absolute Gasteiger partial charge is 0.339 e. The van der Waals surface area contributed by atoms with Crippen molar-refractivity contribution in [1.82, 2.24) is 4.98 Å². The van der Waals surface area contributed by atoms with E-state index in [0.29, 0.717) is 12.4 Å². The summed E-state index contributed by atoms with van der Waals surface area (Å²) in [4.78, 5) is 15.1. The number of rotatable bonds is 5. The van der Waals surface area contributed by atoms with Gasteiger partial charge in [0.1, 0.15) is 11.4 Å². The molecule has 1 aromatic heterocycles. The van der Waals surface area contributed by atoms with Gasteiger partial charge in [-0.1, -0.05) is 0 Å². The van der Waals surface area contributed by atoms with E-state index in [0.717, 1.165) is 5.69 Å². The van der Waals surface area contributed by atoms with Gasteiger partial charge < -0.3 is 15.2 Å². The molecule has 0 saturated heterocycles. The third-order valence-electron chi connectivity index (χ3n) is 2.06. The van der Waals surface area contributed by atoms with Gasteiger partial charge in [-0.15, -0.1) is 0 Å². The fraction of sp³-hybridized carbons (Fsp3) is 0.455. The zero-order valence-electron chi connectivity index (χ0n) is 9.65. The molecule has 0 aliphatic carbocycles. The Bertz CT molecular complexity index is 379. The number of ether oxygens (including phenoxy) is 1. The van der Waals surface area contributed by atoms with Gasteiger partial charge >= 0.3 is 5.97 Å². The summed E-state index contributed by atoms with van der Waals surface area (Å²) in [6.07, 6.45) is 0. The summed E-state index contributed by atoms with van der Waals surface area (Å²) in [5.74, 6) is -0.600. The summed E-state index contributed by atoms with van der Waals surface area (Å²) >= 11 is 0. The van der Waals surface area contributed by atoms with E-state index in [1.807, 2.05) is 13.8 Å². The van der Waals surface area contributed by atoms with Crippen LogP contribution in [-0.2, 0) is 4.74 Å². The number of aromatic nitrogens is 1. The summed E-state index contributed by atoms with van der Waals surface area (Å²) in [6, 6.07) is 3.24. The molecule has 1 atom stereocenters. The normalized spacial score (nSPS) is 12.2. The minimum Gasteiger partial charge on any atom is -0.478 e. The van der Waals surface area contributed by atoms with Crippen LogP contribution in [0.5, 0.6) is 0 Å². The molecule has 0 aliphatic heterocycles. The van der Waals surface area contributed by atoms with E-state index in [9.17, 15) is 4.79 Å². The van der Waals surface area contributed by atoms with Crippen LogP contribution in [0.15, 0.2) is 12.1 Å². The SMILES string of the molecule is COCC(C)Nc1nc(C)ccc1C(=O)O. The maximum atomic E-state index is 11.0. The van der Waals surface area contributed by atoms with E-state index in [1.54, 1.807) is 19.2 Å². The Morgan fingerprint density at radius 3 is 2.88 bits per heavy atom. The molecule has 0 fully saturated rings. The lowest BCUT2D eigenvalue weighted by atomic mass is 10.2. The van der Waals surface area contributed by atoms with Crippen LogP contribution in [0.1, 0.15) is 23.0 Å². The molecule has 5 nitrogen and oxygen atoms in total. The molecular formula is C11H16N2O3. The summed E-state index contributed by atoms with van der Waals surface area (Å²) in [5, 5.41) is 12.0. The lowest BCUT2D eigenvalue weighted by Gasteiger charge is -2.15. The molecule has 0 aliphatic rings. The van der Waals surface area contributed by atoms with Crippen molar-refractivity contribution in [2.24, 2.45) is 0 Å². The van der Waals surface area contributed by atoms with Crippen molar-refractivity contribution < 1.29 is 14.6 Å². The minimum atomic E-state index is -0.986. The van der Waals surface area contributed by atoms with E-state index in [1.165, 1.54) is 0 Å². The van der Waals surface area contributed by atoms with Gasteiger partial charge in [0.15, 0.2) is 0 Å². The number of carbonyl (C=O) groups is 1. The lowest BCUT2D eigenvalue weighted by molar-refractivity contribution is 0.0697. The highest BCUT2D eigenvalue weighted by atomic mass is 16.5. The molecule has 1 rings (SSSR count). The number of nitrogens with one attached hydrogen (secondary N) is 1. The van der Waals surface area contributed by atoms with Gasteiger partial charge in [-0.05, 0) is 26.0 Å². The number of aromatic carboxylic acids is 1. The fourth-order valence-corrected chi connectivity index (χ4v) is 1.36. The Morgan fingerprint density at radius 2 is 2.31 bits per heavy atom. The molecule has 0 saturated carbocycles. The largest absolute Gasteiger partial charge is 0.478 e. The average molecular weight is 224 g/mol. The zero-order valence-corrected chi connectivity index (χ0v) is 9.65. The molecule has 1 aromatic rings. The number of aryl methyl sites for hydroxylation is 1. The molecular weight excluding hydrogens is 208 g/mol. The Balaban J connectivity index is 2.92. The van der Waals surface area contributed by atoms with E-state index < -0.39 is 5.97 Å². The van der Waals surface area contributed by atoms with Crippen LogP contribution < -0.4 is 5.32 Å². The minimum absolute atomic E-state index is 0.0115. The van der Waals surface area contributed by atoms with Gasteiger partial charge in [-0.25, -0.2) is 9.78 Å². The molecule has 1 heterocycles. The topological polar surface area (TPSA) is 71.5 Å². The van der Waals surface area contributed by atoms with Crippen LogP contribution in [0.2, 0.25) is 0 Å². The second kappa shape index (κ2) is 5.46. The average Bonchev–Trinajstić information content (AvgIpc) is 2.17. The van der Waals surface area contributed by atoms with Gasteiger partial charge in [-0.3, -0.25) is 0 Å². The molecule has 88 valence electrons. The first-order chi connectivity index (χ1) is 7.54. The van der Waals surface area contributed by atoms with E-state index in [4.69, 9.17) is 9.84 Å². The Hall–Kier alpha value is -1.62. The van der Waals surface area contributed by atoms with Gasteiger partial charge in [0, 0.05) is 18.8 Å². The summed E-state index contributed by atoms with van der Waals surface area (Å²) in [7, 11) is 1.60. The standard InChI is InChI=1S/C11H16N2O3/c1-7-4-5-9(11(14)15)10(12-7)13-8(2)6-16-3/h4-5,8H,6H2,1-3H3,(H,12,13)(H,14,15). The van der Waals surface area contributed by atoms with Crippen molar-refractivity contribution in [3.63, 3.8) is 0 Å². The molecule has 5 heteroatoms. The van der Waals surface area contributed by atoms with Gasteiger partial charge in [-0.2, -0.15) is 0 Å². The van der Waals surface area contributed by atoms with Crippen molar-refractivity contribution >= 4 is 11.8 Å². The number of nitrogens with zero attached hydrogens (tertiary/aromatic N) is 1. The van der Waals surface area contributed by atoms with Crippen LogP contribution in [0.4, 0.5) is 5.82 Å². The third-order valence-corrected chi connectivity index (χ3v) is 2.06. The van der Waals surface area contributed by atoms with E-state index >= 15 is 0 Å². The molecule has 0 amide bonds. The molecule has 0 spiro atoms. The highest BCUT2D eigenvalue weighted by Crippen LogP contribution is 2.14. The Morgan fingerprint density at radius 1 is 1.62 bits per heavy atom. The lowest BCUT2D eigenvalue weighted by Crippen LogP contribution is -2.23. The van der Waals surface area contributed by atoms with E-state index in [-0.39, 0.29) is 11.6 Å². The van der Waals surface area contributed by atoms with Crippen molar-refractivity contribution in [2.75, 3.05) is 19.0 Å². The number of anilines is 1. The van der Waals surface area contributed by atoms with Crippen LogP contribution in [-0.4, -0.2) is 35.8 Å². The highest BCUT2D eigenvalue weighted by Gasteiger charge is 2.13. The maximum absolute atomic E-state index is 11.0. The number of hydrogen-bond donors (Lipinski definition) is 2. The second-order valence-electron chi connectivity index (χ2n) is 3.65. The predicted octanol–water partition coefficient (Wildman–Crippen LogP) is 1.54. The predicted molar refractivity (Wildman–Crippen MR) is 60.9 cm³/mol. The monoisotopic (exact) mass is 224 g/mol. The first kappa shape index (κ1) is 12.4. The van der Waals surface area contributed by atoms with Crippen molar-refractivity contribution in [1.29, 1.82) is 0 Å². The Labute approximate surface area is 94.5 Å². The molecule has 0 aromatic carbocycles. The molecule has 2 N–H and O–H groups in total. The van der Waals surface area contributed by atoms with Gasteiger partial charge in [0.25, 0.3) is 0 Å². The molecule has 0 bridgehead atoms. The van der Waals surface area contributed by atoms with Crippen molar-refractivity contribution in [2.45, 2.75) is 19.9 Å². The maximum Gasteiger partial charge on any atom is 0.339 e. The van der Waals surface area contributed by atoms with E-state index in [2.05, 4.69) is 10.3 Å². The van der Waals surface area contributed by atoms with Gasteiger partial charge in [0.05, 0.1) is 6.61 Å². The van der Waals surface area contributed by atoms with Crippen LogP contribution in [0.3, 0.4) is 0 Å². The Kier molecular flexibility index (Phi) is 4.25. The molecule has 0 radical (unpaired) electrons. The van der Waals surface area contributed by atoms with Gasteiger partial charge in [0.2, 0.25) is 0 Å². The van der Waals surface area contributed by atoms with Crippen molar-refractivity contribution in [3.8, 4) is 0 Å². The van der Waals surface area contributed by atoms with Crippen molar-refractivity contribution in [3.05, 3.63) is 23.4 Å². The fourth-order valence-electron chi connectivity index (χ4n) is 1.36. The first-order valence-corrected chi connectivity index (χ1v) is 5.01. The van der Waals surface area contributed by atoms with Crippen LogP contribution in [0.25, 0.3) is 0 Å². The zero-order chi connectivity index (χ0) is 12.1. The summed E-state index contributed by atoms with van der Waals surface area (Å²) in [5.41, 5.74) is 0.950. The van der Waals surface area contributed by atoms with Crippen LogP contribution in [0, 0.1) is 6.92 Å². The molecule has 1 unspecified atom stereocenters. The van der Waals surface area contributed by atoms with Crippen LogP contribution >= 0.6 is 0 Å². The second-order valence-corrected chi connectivity index (χ2v) is 3.65. The summed E-state index contributed by atoms with van der Waals surface area (Å²) in [6.45, 7) is 4.21. The quantitative estimate of drug-likeness (QED) is 0.793. The number of carboxylic acid groups (broad SMARTS) is 1. The number of carboxylic acids is 1. The summed E-state index contributed by atoms with van der Waals surface area (Å²) < 4.78 is 4.97. The number of hydrogen-bond acceptors (Lipinski definition) is 4. The number of pyridine rings is 1. The molecule has 16 heavy (non-hydrogen) atoms. The first-order valence-electron chi connectivity index (χ1n) is 5.01. The third kappa shape index (κ3) is 3.20. The number of methoxy groups -OCH3 is 1.